The van der Waals surface area contributed by atoms with Gasteiger partial charge in [-0.3, -0.25) is 0 Å². The van der Waals surface area contributed by atoms with Crippen LogP contribution >= 0.6 is 11.6 Å². The number of aromatic nitrogens is 3. The molecule has 5 rings (SSSR count). The van der Waals surface area contributed by atoms with Crippen LogP contribution in [0.5, 0.6) is 0 Å². The standard InChI is InChI=1S/C22H24ClN3O5/c1-11-14-6-7-26(20(14)25-10-24-11)21-19-18(30-22(2,3)31-19)17(29-21)16(28)15-5-4-13(23)8-12(15)9-27/h4-8,10,16-19,21,27-28H,9H2,1-3H3/t16?,17-,18?,19?,21?/m1/s1. The number of rotatable bonds is 4. The second-order valence-corrected chi connectivity index (χ2v) is 8.86. The van der Waals surface area contributed by atoms with Crippen LogP contribution in [0.3, 0.4) is 0 Å². The first-order valence-electron chi connectivity index (χ1n) is 10.2. The molecule has 2 N–H and O–H groups in total. The molecule has 2 fully saturated rings. The fraction of sp³-hybridized carbons (Fsp3) is 0.455. The zero-order chi connectivity index (χ0) is 21.9. The van der Waals surface area contributed by atoms with E-state index >= 15 is 0 Å². The summed E-state index contributed by atoms with van der Waals surface area (Å²) in [6, 6.07) is 6.96. The summed E-state index contributed by atoms with van der Waals surface area (Å²) in [6.07, 6.45) is 0.116. The fourth-order valence-electron chi connectivity index (χ4n) is 4.57. The number of fused-ring (bicyclic) bond motifs is 2. The first-order chi connectivity index (χ1) is 14.8. The summed E-state index contributed by atoms with van der Waals surface area (Å²) in [5.74, 6) is -0.830. The van der Waals surface area contributed by atoms with Gasteiger partial charge in [-0.1, -0.05) is 17.7 Å². The summed E-state index contributed by atoms with van der Waals surface area (Å²) < 4.78 is 20.6. The van der Waals surface area contributed by atoms with E-state index in [9.17, 15) is 10.2 Å². The smallest absolute Gasteiger partial charge is 0.164 e. The first-order valence-corrected chi connectivity index (χ1v) is 10.5. The van der Waals surface area contributed by atoms with E-state index in [-0.39, 0.29) is 6.61 Å². The highest BCUT2D eigenvalue weighted by Crippen LogP contribution is 2.47. The van der Waals surface area contributed by atoms with E-state index in [0.29, 0.717) is 16.1 Å². The van der Waals surface area contributed by atoms with Gasteiger partial charge < -0.3 is 29.0 Å². The molecule has 4 unspecified atom stereocenters. The molecule has 2 aromatic heterocycles. The number of nitrogens with zero attached hydrogens (tertiary/aromatic N) is 3. The topological polar surface area (TPSA) is 98.9 Å². The number of aliphatic hydroxyl groups excluding tert-OH is 2. The Morgan fingerprint density at radius 2 is 1.97 bits per heavy atom. The molecule has 3 aromatic rings. The van der Waals surface area contributed by atoms with Gasteiger partial charge in [0.15, 0.2) is 12.0 Å². The molecule has 0 spiro atoms. The van der Waals surface area contributed by atoms with Crippen LogP contribution in [0.15, 0.2) is 36.8 Å². The second-order valence-electron chi connectivity index (χ2n) is 8.42. The molecule has 2 aliphatic rings. The van der Waals surface area contributed by atoms with E-state index in [2.05, 4.69) is 9.97 Å². The molecule has 0 bridgehead atoms. The highest BCUT2D eigenvalue weighted by atomic mass is 35.5. The van der Waals surface area contributed by atoms with Crippen LogP contribution < -0.4 is 0 Å². The lowest BCUT2D eigenvalue weighted by molar-refractivity contribution is -0.207. The summed E-state index contributed by atoms with van der Waals surface area (Å²) in [4.78, 5) is 8.68. The van der Waals surface area contributed by atoms with Crippen LogP contribution in [0.2, 0.25) is 5.02 Å². The fourth-order valence-corrected chi connectivity index (χ4v) is 4.76. The third-order valence-electron chi connectivity index (χ3n) is 5.95. The summed E-state index contributed by atoms with van der Waals surface area (Å²) in [5, 5.41) is 22.4. The van der Waals surface area contributed by atoms with Gasteiger partial charge in [-0.2, -0.15) is 0 Å². The van der Waals surface area contributed by atoms with Gasteiger partial charge in [0.1, 0.15) is 36.4 Å². The molecular formula is C22H24ClN3O5. The van der Waals surface area contributed by atoms with Crippen LogP contribution in [0, 0.1) is 6.92 Å². The van der Waals surface area contributed by atoms with E-state index in [1.165, 1.54) is 6.33 Å². The minimum Gasteiger partial charge on any atom is -0.392 e. The highest BCUT2D eigenvalue weighted by Gasteiger charge is 2.58. The van der Waals surface area contributed by atoms with Crippen molar-refractivity contribution in [3.63, 3.8) is 0 Å². The van der Waals surface area contributed by atoms with Crippen molar-refractivity contribution in [1.82, 2.24) is 14.5 Å². The predicted molar refractivity (Wildman–Crippen MR) is 112 cm³/mol. The minimum atomic E-state index is -1.05. The molecule has 8 nitrogen and oxygen atoms in total. The van der Waals surface area contributed by atoms with E-state index in [1.807, 2.05) is 37.6 Å². The lowest BCUT2D eigenvalue weighted by Gasteiger charge is -2.28. The second kappa shape index (κ2) is 7.51. The highest BCUT2D eigenvalue weighted by molar-refractivity contribution is 6.30. The molecule has 5 atom stereocenters. The van der Waals surface area contributed by atoms with Gasteiger partial charge in [-0.05, 0) is 50.1 Å². The van der Waals surface area contributed by atoms with E-state index < -0.39 is 36.4 Å². The third-order valence-corrected chi connectivity index (χ3v) is 6.19. The van der Waals surface area contributed by atoms with Crippen molar-refractivity contribution in [2.75, 3.05) is 0 Å². The van der Waals surface area contributed by atoms with Crippen molar-refractivity contribution in [3.8, 4) is 0 Å². The van der Waals surface area contributed by atoms with Crippen LogP contribution in [-0.4, -0.2) is 48.8 Å². The Balaban J connectivity index is 1.55. The summed E-state index contributed by atoms with van der Waals surface area (Å²) >= 11 is 6.06. The summed E-state index contributed by atoms with van der Waals surface area (Å²) in [5.41, 5.74) is 2.67. The van der Waals surface area contributed by atoms with Crippen LogP contribution in [0.1, 0.15) is 43.0 Å². The van der Waals surface area contributed by atoms with Crippen molar-refractivity contribution in [3.05, 3.63) is 58.6 Å². The number of halogens is 1. The molecule has 9 heteroatoms. The number of ether oxygens (including phenoxy) is 3. The van der Waals surface area contributed by atoms with Crippen molar-refractivity contribution >= 4 is 22.6 Å². The number of aliphatic hydroxyl groups is 2. The Bertz CT molecular complexity index is 1130. The molecule has 31 heavy (non-hydrogen) atoms. The largest absolute Gasteiger partial charge is 0.392 e. The monoisotopic (exact) mass is 445 g/mol. The Morgan fingerprint density at radius 1 is 1.19 bits per heavy atom. The van der Waals surface area contributed by atoms with Crippen molar-refractivity contribution in [2.45, 2.75) is 63.8 Å². The van der Waals surface area contributed by atoms with Gasteiger partial charge in [0.25, 0.3) is 0 Å². The van der Waals surface area contributed by atoms with Gasteiger partial charge in [0.2, 0.25) is 0 Å². The summed E-state index contributed by atoms with van der Waals surface area (Å²) in [7, 11) is 0. The number of hydrogen-bond donors (Lipinski definition) is 2. The van der Waals surface area contributed by atoms with Gasteiger partial charge in [0, 0.05) is 16.6 Å². The molecular weight excluding hydrogens is 422 g/mol. The molecule has 0 radical (unpaired) electrons. The van der Waals surface area contributed by atoms with E-state index in [1.54, 1.807) is 18.2 Å². The van der Waals surface area contributed by atoms with Crippen LogP contribution in [0.25, 0.3) is 11.0 Å². The Morgan fingerprint density at radius 3 is 2.74 bits per heavy atom. The lowest BCUT2D eigenvalue weighted by atomic mass is 9.95. The number of aryl methyl sites for hydroxylation is 1. The first kappa shape index (κ1) is 20.8. The normalized spacial score (nSPS) is 28.2. The van der Waals surface area contributed by atoms with Gasteiger partial charge >= 0.3 is 0 Å². The molecule has 2 aliphatic heterocycles. The average molecular weight is 446 g/mol. The molecule has 0 aliphatic carbocycles. The molecule has 1 aromatic carbocycles. The Hall–Kier alpha value is -2.07. The third kappa shape index (κ3) is 3.44. The maximum atomic E-state index is 11.3. The predicted octanol–water partition coefficient (Wildman–Crippen LogP) is 3.04. The van der Waals surface area contributed by atoms with E-state index in [0.717, 1.165) is 16.7 Å². The summed E-state index contributed by atoms with van der Waals surface area (Å²) in [6.45, 7) is 5.35. The molecule has 0 amide bonds. The van der Waals surface area contributed by atoms with E-state index in [4.69, 9.17) is 25.8 Å². The maximum absolute atomic E-state index is 11.3. The van der Waals surface area contributed by atoms with Crippen LogP contribution in [0.4, 0.5) is 0 Å². The SMILES string of the molecule is Cc1ncnc2c1ccn2C1O[C@H](C(O)c2ccc(Cl)cc2CO)C2OC(C)(C)OC21. The molecule has 4 heterocycles. The van der Waals surface area contributed by atoms with Crippen molar-refractivity contribution in [2.24, 2.45) is 0 Å². The van der Waals surface area contributed by atoms with Gasteiger partial charge in [-0.25, -0.2) is 9.97 Å². The van der Waals surface area contributed by atoms with Gasteiger partial charge in [0.05, 0.1) is 12.3 Å². The molecule has 0 saturated carbocycles. The average Bonchev–Trinajstić information content (AvgIpc) is 3.38. The lowest BCUT2D eigenvalue weighted by Crippen LogP contribution is -2.34. The number of hydrogen-bond acceptors (Lipinski definition) is 7. The zero-order valence-corrected chi connectivity index (χ0v) is 18.2. The Labute approximate surface area is 184 Å². The maximum Gasteiger partial charge on any atom is 0.164 e. The number of benzene rings is 1. The molecule has 164 valence electrons. The quantitative estimate of drug-likeness (QED) is 0.636. The van der Waals surface area contributed by atoms with Gasteiger partial charge in [-0.15, -0.1) is 0 Å². The van der Waals surface area contributed by atoms with Crippen molar-refractivity contribution in [1.29, 1.82) is 0 Å². The minimum absolute atomic E-state index is 0.252. The van der Waals surface area contributed by atoms with Crippen LogP contribution in [-0.2, 0) is 20.8 Å². The van der Waals surface area contributed by atoms with Crippen molar-refractivity contribution < 1.29 is 24.4 Å². The Kier molecular flexibility index (Phi) is 5.04. The molecule has 2 saturated heterocycles. The zero-order valence-electron chi connectivity index (χ0n) is 17.4.